The number of aromatic carboxylic acids is 1. The Hall–Kier alpha value is -1.73. The first-order valence-corrected chi connectivity index (χ1v) is 7.02. The molecule has 20 heavy (non-hydrogen) atoms. The van der Waals surface area contributed by atoms with E-state index in [0.29, 0.717) is 20.3 Å². The lowest BCUT2D eigenvalue weighted by molar-refractivity contribution is 0.0695. The molecule has 2 N–H and O–H groups in total. The van der Waals surface area contributed by atoms with Crippen molar-refractivity contribution < 1.29 is 14.7 Å². The van der Waals surface area contributed by atoms with Crippen LogP contribution in [0.15, 0.2) is 45.6 Å². The second kappa shape index (κ2) is 6.15. The largest absolute Gasteiger partial charge is 0.478 e. The number of aromatic nitrogens is 1. The molecule has 1 heterocycles. The Labute approximate surface area is 131 Å². The van der Waals surface area contributed by atoms with Gasteiger partial charge in [0, 0.05) is 16.4 Å². The highest BCUT2D eigenvalue weighted by Gasteiger charge is 2.13. The molecule has 7 heteroatoms. The van der Waals surface area contributed by atoms with Gasteiger partial charge < -0.3 is 10.4 Å². The van der Waals surface area contributed by atoms with Gasteiger partial charge in [-0.1, -0.05) is 0 Å². The zero-order chi connectivity index (χ0) is 14.7. The van der Waals surface area contributed by atoms with Crippen molar-refractivity contribution in [3.05, 3.63) is 56.7 Å². The van der Waals surface area contributed by atoms with Crippen molar-refractivity contribution in [2.24, 2.45) is 0 Å². The molecule has 1 aromatic heterocycles. The fraction of sp³-hybridized carbons (Fsp3) is 0. The topological polar surface area (TPSA) is 79.3 Å². The number of carbonyl (C=O) groups is 2. The molecule has 0 unspecified atom stereocenters. The molecule has 0 spiro atoms. The van der Waals surface area contributed by atoms with Crippen LogP contribution in [-0.2, 0) is 0 Å². The quantitative estimate of drug-likeness (QED) is 0.773. The van der Waals surface area contributed by atoms with E-state index in [-0.39, 0.29) is 11.5 Å². The molecule has 0 bridgehead atoms. The highest BCUT2D eigenvalue weighted by molar-refractivity contribution is 9.10. The van der Waals surface area contributed by atoms with Gasteiger partial charge in [0.25, 0.3) is 5.91 Å². The Balaban J connectivity index is 2.27. The summed E-state index contributed by atoms with van der Waals surface area (Å²) in [7, 11) is 0. The number of hydrogen-bond donors (Lipinski definition) is 2. The molecule has 0 aliphatic rings. The normalized spacial score (nSPS) is 10.1. The van der Waals surface area contributed by atoms with Gasteiger partial charge in [-0.25, -0.2) is 9.78 Å². The minimum atomic E-state index is -1.07. The number of halogens is 2. The molecule has 1 amide bonds. The van der Waals surface area contributed by atoms with E-state index in [1.807, 2.05) is 0 Å². The fourth-order valence-electron chi connectivity index (χ4n) is 1.52. The molecule has 2 aromatic rings. The molecule has 0 aliphatic heterocycles. The third-order valence-corrected chi connectivity index (χ3v) is 3.78. The minimum absolute atomic E-state index is 0.0769. The van der Waals surface area contributed by atoms with E-state index in [1.165, 1.54) is 6.07 Å². The van der Waals surface area contributed by atoms with Crippen molar-refractivity contribution in [1.29, 1.82) is 0 Å². The first kappa shape index (κ1) is 14.7. The summed E-state index contributed by atoms with van der Waals surface area (Å²) in [5, 5.41) is 11.7. The van der Waals surface area contributed by atoms with E-state index in [4.69, 9.17) is 5.11 Å². The van der Waals surface area contributed by atoms with Gasteiger partial charge in [-0.2, -0.15) is 0 Å². The molecule has 1 aromatic carbocycles. The van der Waals surface area contributed by atoms with Crippen molar-refractivity contribution in [2.45, 2.75) is 0 Å². The maximum Gasteiger partial charge on any atom is 0.336 e. The SMILES string of the molecule is O=C(O)c1cc(NC(=O)c2cccnc2Br)ccc1Br. The number of pyridine rings is 1. The second-order valence-corrected chi connectivity index (χ2v) is 5.40. The van der Waals surface area contributed by atoms with Crippen LogP contribution >= 0.6 is 31.9 Å². The summed E-state index contributed by atoms with van der Waals surface area (Å²) < 4.78 is 0.874. The number of amides is 1. The number of nitrogens with zero attached hydrogens (tertiary/aromatic N) is 1. The van der Waals surface area contributed by atoms with E-state index >= 15 is 0 Å². The number of nitrogens with one attached hydrogen (secondary N) is 1. The van der Waals surface area contributed by atoms with Gasteiger partial charge in [-0.05, 0) is 62.2 Å². The number of carboxylic acid groups (broad SMARTS) is 1. The number of anilines is 1. The van der Waals surface area contributed by atoms with Crippen molar-refractivity contribution >= 4 is 49.4 Å². The molecule has 0 saturated carbocycles. The van der Waals surface area contributed by atoms with E-state index < -0.39 is 5.97 Å². The Morgan fingerprint density at radius 2 is 1.90 bits per heavy atom. The van der Waals surface area contributed by atoms with Gasteiger partial charge in [0.1, 0.15) is 4.60 Å². The van der Waals surface area contributed by atoms with Crippen molar-refractivity contribution in [3.63, 3.8) is 0 Å². The summed E-state index contributed by atoms with van der Waals surface area (Å²) in [6, 6.07) is 7.82. The molecule has 102 valence electrons. The van der Waals surface area contributed by atoms with Crippen LogP contribution in [0.2, 0.25) is 0 Å². The third kappa shape index (κ3) is 3.23. The number of benzene rings is 1. The molecule has 5 nitrogen and oxygen atoms in total. The lowest BCUT2D eigenvalue weighted by Crippen LogP contribution is -2.13. The summed E-state index contributed by atoms with van der Waals surface area (Å²) in [5.74, 6) is -1.45. The van der Waals surface area contributed by atoms with Crippen molar-refractivity contribution in [1.82, 2.24) is 4.98 Å². The maximum atomic E-state index is 12.1. The highest BCUT2D eigenvalue weighted by Crippen LogP contribution is 2.22. The van der Waals surface area contributed by atoms with Gasteiger partial charge in [0.15, 0.2) is 0 Å². The average molecular weight is 400 g/mol. The predicted molar refractivity (Wildman–Crippen MR) is 81.0 cm³/mol. The monoisotopic (exact) mass is 398 g/mol. The van der Waals surface area contributed by atoms with E-state index in [0.717, 1.165) is 0 Å². The Morgan fingerprint density at radius 1 is 1.15 bits per heavy atom. The zero-order valence-corrected chi connectivity index (χ0v) is 13.1. The van der Waals surface area contributed by atoms with Crippen molar-refractivity contribution in [2.75, 3.05) is 5.32 Å². The van der Waals surface area contributed by atoms with E-state index in [2.05, 4.69) is 42.2 Å². The number of rotatable bonds is 3. The van der Waals surface area contributed by atoms with Crippen LogP contribution in [0.25, 0.3) is 0 Å². The molecule has 0 saturated heterocycles. The van der Waals surface area contributed by atoms with E-state index in [1.54, 1.807) is 30.5 Å². The van der Waals surface area contributed by atoms with Crippen LogP contribution in [0.1, 0.15) is 20.7 Å². The summed E-state index contributed by atoms with van der Waals surface area (Å²) in [5.41, 5.74) is 0.840. The fourth-order valence-corrected chi connectivity index (χ4v) is 2.37. The van der Waals surface area contributed by atoms with Gasteiger partial charge in [0.2, 0.25) is 0 Å². The van der Waals surface area contributed by atoms with Crippen LogP contribution in [0.5, 0.6) is 0 Å². The molecule has 2 rings (SSSR count). The summed E-state index contributed by atoms with van der Waals surface area (Å²) >= 11 is 6.33. The van der Waals surface area contributed by atoms with Gasteiger partial charge in [0.05, 0.1) is 11.1 Å². The van der Waals surface area contributed by atoms with Crippen LogP contribution in [0.4, 0.5) is 5.69 Å². The molecule has 0 aliphatic carbocycles. The lowest BCUT2D eigenvalue weighted by atomic mass is 10.2. The highest BCUT2D eigenvalue weighted by atomic mass is 79.9. The summed E-state index contributed by atoms with van der Waals surface area (Å²) in [6.07, 6.45) is 1.56. The predicted octanol–water partition coefficient (Wildman–Crippen LogP) is 3.56. The number of hydrogen-bond acceptors (Lipinski definition) is 3. The van der Waals surface area contributed by atoms with Crippen LogP contribution in [0.3, 0.4) is 0 Å². The van der Waals surface area contributed by atoms with Crippen LogP contribution < -0.4 is 5.32 Å². The second-order valence-electron chi connectivity index (χ2n) is 3.80. The molecular weight excluding hydrogens is 392 g/mol. The van der Waals surface area contributed by atoms with Gasteiger partial charge in [-0.15, -0.1) is 0 Å². The number of carboxylic acids is 1. The zero-order valence-electron chi connectivity index (χ0n) is 9.93. The van der Waals surface area contributed by atoms with Crippen LogP contribution in [-0.4, -0.2) is 22.0 Å². The van der Waals surface area contributed by atoms with Gasteiger partial charge >= 0.3 is 5.97 Å². The first-order valence-electron chi connectivity index (χ1n) is 5.44. The standard InChI is InChI=1S/C13H8Br2N2O3/c14-10-4-3-7(6-9(10)13(19)20)17-12(18)8-2-1-5-16-11(8)15/h1-6H,(H,17,18)(H,19,20). The molecule has 0 fully saturated rings. The molecular formula is C13H8Br2N2O3. The lowest BCUT2D eigenvalue weighted by Gasteiger charge is -2.08. The molecule has 0 radical (unpaired) electrons. The average Bonchev–Trinajstić information content (AvgIpc) is 2.41. The number of carbonyl (C=O) groups excluding carboxylic acids is 1. The Morgan fingerprint density at radius 3 is 2.55 bits per heavy atom. The van der Waals surface area contributed by atoms with E-state index in [9.17, 15) is 9.59 Å². The smallest absolute Gasteiger partial charge is 0.336 e. The van der Waals surface area contributed by atoms with Crippen LogP contribution in [0, 0.1) is 0 Å². The minimum Gasteiger partial charge on any atom is -0.478 e. The summed E-state index contributed by atoms with van der Waals surface area (Å²) in [6.45, 7) is 0. The van der Waals surface area contributed by atoms with Gasteiger partial charge in [-0.3, -0.25) is 4.79 Å². The summed E-state index contributed by atoms with van der Waals surface area (Å²) in [4.78, 5) is 27.0. The Bertz CT molecular complexity index is 689. The first-order chi connectivity index (χ1) is 9.49. The van der Waals surface area contributed by atoms with Crippen molar-refractivity contribution in [3.8, 4) is 0 Å². The Kier molecular flexibility index (Phi) is 4.51. The third-order valence-electron chi connectivity index (χ3n) is 2.46. The molecule has 0 atom stereocenters. The maximum absolute atomic E-state index is 12.1.